The number of hydrogen-bond acceptors (Lipinski definition) is 4. The second-order valence-corrected chi connectivity index (χ2v) is 7.08. The molecule has 0 aliphatic carbocycles. The highest BCUT2D eigenvalue weighted by atomic mass is 16.2. The minimum atomic E-state index is -0.736. The predicted octanol–water partition coefficient (Wildman–Crippen LogP) is 3.26. The quantitative estimate of drug-likeness (QED) is 0.660. The Hall–Kier alpha value is -3.41. The Kier molecular flexibility index (Phi) is 4.69. The van der Waals surface area contributed by atoms with Crippen molar-refractivity contribution in [2.45, 2.75) is 19.8 Å². The van der Waals surface area contributed by atoms with E-state index in [9.17, 15) is 14.4 Å². The molecule has 2 fully saturated rings. The standard InChI is InChI=1S/C22H21N3O3/c1-15-4-8-18(9-5-15)25-21(27)19(20(26)23-22(25)28)14-16-6-10-17(11-7-16)24-12-2-3-13-24/h4-11,14H,2-3,12-13H2,1H3,(H,23,26,28)/b19-14+. The molecule has 142 valence electrons. The number of barbiturate groups is 1. The largest absolute Gasteiger partial charge is 0.372 e. The molecular formula is C22H21N3O3. The third-order valence-electron chi connectivity index (χ3n) is 5.07. The van der Waals surface area contributed by atoms with Crippen LogP contribution in [0.15, 0.2) is 54.1 Å². The fourth-order valence-corrected chi connectivity index (χ4v) is 3.51. The molecule has 2 saturated heterocycles. The number of carbonyl (C=O) groups excluding carboxylic acids is 3. The average Bonchev–Trinajstić information content (AvgIpc) is 3.22. The molecule has 2 aliphatic heterocycles. The van der Waals surface area contributed by atoms with Gasteiger partial charge in [0.2, 0.25) is 0 Å². The van der Waals surface area contributed by atoms with Gasteiger partial charge in [-0.3, -0.25) is 14.9 Å². The summed E-state index contributed by atoms with van der Waals surface area (Å²) in [7, 11) is 0. The van der Waals surface area contributed by atoms with Gasteiger partial charge in [-0.15, -0.1) is 0 Å². The molecule has 0 aromatic heterocycles. The highest BCUT2D eigenvalue weighted by Crippen LogP contribution is 2.24. The molecule has 6 nitrogen and oxygen atoms in total. The van der Waals surface area contributed by atoms with Crippen LogP contribution in [0.1, 0.15) is 24.0 Å². The molecule has 0 unspecified atom stereocenters. The van der Waals surface area contributed by atoms with E-state index < -0.39 is 17.8 Å². The van der Waals surface area contributed by atoms with Crippen LogP contribution in [0.25, 0.3) is 6.08 Å². The van der Waals surface area contributed by atoms with Crippen LogP contribution in [0.4, 0.5) is 16.2 Å². The van der Waals surface area contributed by atoms with Gasteiger partial charge in [0.05, 0.1) is 5.69 Å². The molecule has 4 amide bonds. The number of carbonyl (C=O) groups is 3. The molecule has 2 heterocycles. The first-order valence-electron chi connectivity index (χ1n) is 9.36. The van der Waals surface area contributed by atoms with Crippen LogP contribution in [0, 0.1) is 6.92 Å². The van der Waals surface area contributed by atoms with E-state index in [0.29, 0.717) is 5.69 Å². The maximum Gasteiger partial charge on any atom is 0.335 e. The zero-order chi connectivity index (χ0) is 19.7. The van der Waals surface area contributed by atoms with Gasteiger partial charge in [0.15, 0.2) is 0 Å². The summed E-state index contributed by atoms with van der Waals surface area (Å²) in [5.41, 5.74) is 3.25. The number of urea groups is 1. The van der Waals surface area contributed by atoms with Crippen molar-refractivity contribution in [2.24, 2.45) is 0 Å². The number of amides is 4. The molecule has 2 aromatic carbocycles. The second-order valence-electron chi connectivity index (χ2n) is 7.08. The van der Waals surface area contributed by atoms with Crippen molar-refractivity contribution in [1.82, 2.24) is 5.32 Å². The maximum atomic E-state index is 12.9. The fourth-order valence-electron chi connectivity index (χ4n) is 3.51. The van der Waals surface area contributed by atoms with Gasteiger partial charge in [0.25, 0.3) is 11.8 Å². The topological polar surface area (TPSA) is 69.7 Å². The van der Waals surface area contributed by atoms with Gasteiger partial charge in [0.1, 0.15) is 5.57 Å². The van der Waals surface area contributed by atoms with E-state index in [1.165, 1.54) is 18.9 Å². The first-order valence-corrected chi connectivity index (χ1v) is 9.36. The molecule has 28 heavy (non-hydrogen) atoms. The molecule has 6 heteroatoms. The molecule has 2 aromatic rings. The van der Waals surface area contributed by atoms with E-state index in [2.05, 4.69) is 10.2 Å². The van der Waals surface area contributed by atoms with E-state index in [4.69, 9.17) is 0 Å². The lowest BCUT2D eigenvalue weighted by Crippen LogP contribution is -2.54. The summed E-state index contributed by atoms with van der Waals surface area (Å²) in [5, 5.41) is 2.25. The monoisotopic (exact) mass is 375 g/mol. The minimum absolute atomic E-state index is 0.0610. The van der Waals surface area contributed by atoms with E-state index in [-0.39, 0.29) is 5.57 Å². The van der Waals surface area contributed by atoms with Crippen LogP contribution in [0.3, 0.4) is 0 Å². The number of imide groups is 2. The zero-order valence-electron chi connectivity index (χ0n) is 15.6. The van der Waals surface area contributed by atoms with E-state index in [1.54, 1.807) is 12.1 Å². The summed E-state index contributed by atoms with van der Waals surface area (Å²) in [6.45, 7) is 4.02. The highest BCUT2D eigenvalue weighted by Gasteiger charge is 2.36. The average molecular weight is 375 g/mol. The molecule has 0 spiro atoms. The Labute approximate surface area is 163 Å². The fraction of sp³-hybridized carbons (Fsp3) is 0.227. The molecular weight excluding hydrogens is 354 g/mol. The normalized spacial score (nSPS) is 18.8. The number of aryl methyl sites for hydroxylation is 1. The molecule has 1 N–H and O–H groups in total. The third-order valence-corrected chi connectivity index (χ3v) is 5.07. The van der Waals surface area contributed by atoms with Crippen molar-refractivity contribution in [2.75, 3.05) is 22.9 Å². The van der Waals surface area contributed by atoms with Crippen molar-refractivity contribution in [1.29, 1.82) is 0 Å². The van der Waals surface area contributed by atoms with E-state index in [0.717, 1.165) is 34.8 Å². The van der Waals surface area contributed by atoms with Gasteiger partial charge in [-0.1, -0.05) is 29.8 Å². The Morgan fingerprint density at radius 3 is 2.11 bits per heavy atom. The van der Waals surface area contributed by atoms with Gasteiger partial charge < -0.3 is 4.90 Å². The Morgan fingerprint density at radius 1 is 0.857 bits per heavy atom. The maximum absolute atomic E-state index is 12.9. The molecule has 0 atom stereocenters. The molecule has 4 rings (SSSR count). The van der Waals surface area contributed by atoms with Crippen molar-refractivity contribution < 1.29 is 14.4 Å². The molecule has 0 bridgehead atoms. The summed E-state index contributed by atoms with van der Waals surface area (Å²) >= 11 is 0. The van der Waals surface area contributed by atoms with Crippen LogP contribution in [-0.4, -0.2) is 30.9 Å². The summed E-state index contributed by atoms with van der Waals surface area (Å²) in [5.74, 6) is -1.30. The number of rotatable bonds is 3. The summed E-state index contributed by atoms with van der Waals surface area (Å²) in [6, 6.07) is 14.0. The van der Waals surface area contributed by atoms with Crippen molar-refractivity contribution in [3.63, 3.8) is 0 Å². The summed E-state index contributed by atoms with van der Waals surface area (Å²) in [6.07, 6.45) is 3.92. The Balaban J connectivity index is 1.62. The molecule has 0 saturated carbocycles. The smallest absolute Gasteiger partial charge is 0.335 e. The van der Waals surface area contributed by atoms with E-state index >= 15 is 0 Å². The minimum Gasteiger partial charge on any atom is -0.372 e. The van der Waals surface area contributed by atoms with Gasteiger partial charge in [-0.05, 0) is 55.7 Å². The summed E-state index contributed by atoms with van der Waals surface area (Å²) in [4.78, 5) is 40.7. The van der Waals surface area contributed by atoms with E-state index in [1.807, 2.05) is 43.3 Å². The second kappa shape index (κ2) is 7.31. The number of nitrogens with one attached hydrogen (secondary N) is 1. The molecule has 2 aliphatic rings. The number of benzene rings is 2. The lowest BCUT2D eigenvalue weighted by atomic mass is 10.1. The van der Waals surface area contributed by atoms with Crippen LogP contribution < -0.4 is 15.1 Å². The number of anilines is 2. The van der Waals surface area contributed by atoms with Crippen molar-refractivity contribution in [3.8, 4) is 0 Å². The SMILES string of the molecule is Cc1ccc(N2C(=O)NC(=O)/C(=C\c3ccc(N4CCCC4)cc3)C2=O)cc1. The number of nitrogens with zero attached hydrogens (tertiary/aromatic N) is 2. The lowest BCUT2D eigenvalue weighted by Gasteiger charge is -2.26. The van der Waals surface area contributed by atoms with Gasteiger partial charge in [0, 0.05) is 18.8 Å². The third kappa shape index (κ3) is 3.41. The Bertz CT molecular complexity index is 956. The highest BCUT2D eigenvalue weighted by molar-refractivity contribution is 6.39. The summed E-state index contributed by atoms with van der Waals surface area (Å²) < 4.78 is 0. The van der Waals surface area contributed by atoms with Crippen molar-refractivity contribution in [3.05, 3.63) is 65.2 Å². The predicted molar refractivity (Wildman–Crippen MR) is 108 cm³/mol. The number of hydrogen-bond donors (Lipinski definition) is 1. The molecule has 0 radical (unpaired) electrons. The van der Waals surface area contributed by atoms with Crippen LogP contribution in [0.2, 0.25) is 0 Å². The van der Waals surface area contributed by atoms with Crippen LogP contribution in [0.5, 0.6) is 0 Å². The van der Waals surface area contributed by atoms with Crippen molar-refractivity contribution >= 4 is 35.3 Å². The van der Waals surface area contributed by atoms with Gasteiger partial charge >= 0.3 is 6.03 Å². The first-order chi connectivity index (χ1) is 13.5. The van der Waals surface area contributed by atoms with Crippen LogP contribution >= 0.6 is 0 Å². The first kappa shape index (κ1) is 18.0. The Morgan fingerprint density at radius 2 is 1.46 bits per heavy atom. The zero-order valence-corrected chi connectivity index (χ0v) is 15.6. The lowest BCUT2D eigenvalue weighted by molar-refractivity contribution is -0.122. The van der Waals surface area contributed by atoms with Gasteiger partial charge in [-0.25, -0.2) is 9.69 Å². The van der Waals surface area contributed by atoms with Gasteiger partial charge in [-0.2, -0.15) is 0 Å². The van der Waals surface area contributed by atoms with Crippen LogP contribution in [-0.2, 0) is 9.59 Å².